The molecule has 0 aromatic rings. The number of ether oxygens (including phenoxy) is 3. The predicted molar refractivity (Wildman–Crippen MR) is 67.8 cm³/mol. The number of hydrogen-bond acceptors (Lipinski definition) is 5. The molecule has 0 bridgehead atoms. The molecule has 7 nitrogen and oxygen atoms in total. The van der Waals surface area contributed by atoms with Crippen molar-refractivity contribution in [3.63, 3.8) is 0 Å². The Kier molecular flexibility index (Phi) is 7.20. The molecule has 1 saturated heterocycles. The molecule has 1 fully saturated rings. The number of amides is 2. The monoisotopic (exact) mass is 274 g/mol. The molecule has 1 heterocycles. The number of piperidine rings is 1. The number of methoxy groups -OCH3 is 2. The van der Waals surface area contributed by atoms with Crippen LogP contribution in [0.5, 0.6) is 0 Å². The van der Waals surface area contributed by atoms with E-state index in [-0.39, 0.29) is 24.6 Å². The Morgan fingerprint density at radius 3 is 2.47 bits per heavy atom. The van der Waals surface area contributed by atoms with Gasteiger partial charge < -0.3 is 24.4 Å². The van der Waals surface area contributed by atoms with Gasteiger partial charge in [-0.15, -0.1) is 0 Å². The molecule has 0 saturated carbocycles. The average molecular weight is 274 g/mol. The number of likely N-dealkylation sites (tertiary alicyclic amines) is 1. The lowest BCUT2D eigenvalue weighted by Crippen LogP contribution is -2.47. The van der Waals surface area contributed by atoms with Gasteiger partial charge in [-0.25, -0.2) is 4.79 Å². The second kappa shape index (κ2) is 8.71. The highest BCUT2D eigenvalue weighted by Gasteiger charge is 2.23. The van der Waals surface area contributed by atoms with E-state index in [9.17, 15) is 9.59 Å². The molecule has 1 N–H and O–H groups in total. The average Bonchev–Trinajstić information content (AvgIpc) is 2.43. The van der Waals surface area contributed by atoms with Gasteiger partial charge in [0, 0.05) is 26.2 Å². The summed E-state index contributed by atoms with van der Waals surface area (Å²) in [5, 5.41) is 2.89. The zero-order valence-corrected chi connectivity index (χ0v) is 11.5. The molecule has 0 spiro atoms. The van der Waals surface area contributed by atoms with Crippen molar-refractivity contribution in [1.29, 1.82) is 0 Å². The Balaban J connectivity index is 2.14. The molecule has 0 aromatic heterocycles. The Morgan fingerprint density at radius 2 is 1.89 bits per heavy atom. The molecule has 19 heavy (non-hydrogen) atoms. The third-order valence-corrected chi connectivity index (χ3v) is 2.96. The van der Waals surface area contributed by atoms with Crippen LogP contribution < -0.4 is 5.32 Å². The van der Waals surface area contributed by atoms with Crippen LogP contribution in [0.2, 0.25) is 0 Å². The predicted octanol–water partition coefficient (Wildman–Crippen LogP) is -0.00360. The standard InChI is InChI=1S/C12H22N2O5/c1-17-7-8-19-9-11(15)13-10-3-5-14(6-4-10)12(16)18-2/h10H,3-9H2,1-2H3,(H,13,15). The summed E-state index contributed by atoms with van der Waals surface area (Å²) in [6.07, 6.45) is 1.16. The first-order chi connectivity index (χ1) is 9.17. The van der Waals surface area contributed by atoms with Crippen molar-refractivity contribution in [2.45, 2.75) is 18.9 Å². The van der Waals surface area contributed by atoms with Crippen LogP contribution in [-0.2, 0) is 19.0 Å². The molecule has 1 rings (SSSR count). The van der Waals surface area contributed by atoms with E-state index in [1.807, 2.05) is 0 Å². The Morgan fingerprint density at radius 1 is 1.21 bits per heavy atom. The lowest BCUT2D eigenvalue weighted by Gasteiger charge is -2.31. The zero-order valence-electron chi connectivity index (χ0n) is 11.5. The molecule has 1 aliphatic rings. The summed E-state index contributed by atoms with van der Waals surface area (Å²) in [5.41, 5.74) is 0. The molecule has 110 valence electrons. The molecule has 0 aromatic carbocycles. The third kappa shape index (κ3) is 5.89. The van der Waals surface area contributed by atoms with Crippen LogP contribution in [0.4, 0.5) is 4.79 Å². The van der Waals surface area contributed by atoms with Gasteiger partial charge in [0.1, 0.15) is 6.61 Å². The summed E-state index contributed by atoms with van der Waals surface area (Å²) in [5.74, 6) is -0.132. The van der Waals surface area contributed by atoms with Crippen LogP contribution in [0, 0.1) is 0 Å². The van der Waals surface area contributed by atoms with E-state index in [1.54, 1.807) is 12.0 Å². The van der Waals surface area contributed by atoms with Crippen molar-refractivity contribution >= 4 is 12.0 Å². The van der Waals surface area contributed by atoms with Crippen LogP contribution in [0.15, 0.2) is 0 Å². The Labute approximate surface area is 113 Å². The number of rotatable bonds is 6. The van der Waals surface area contributed by atoms with Gasteiger partial charge in [-0.1, -0.05) is 0 Å². The Bertz CT molecular complexity index is 290. The summed E-state index contributed by atoms with van der Waals surface area (Å²) in [7, 11) is 2.95. The second-order valence-corrected chi connectivity index (χ2v) is 4.34. The first-order valence-corrected chi connectivity index (χ1v) is 6.36. The summed E-state index contributed by atoms with van der Waals surface area (Å²) >= 11 is 0. The van der Waals surface area contributed by atoms with Gasteiger partial charge in [0.15, 0.2) is 0 Å². The minimum atomic E-state index is -0.312. The number of hydrogen-bond donors (Lipinski definition) is 1. The van der Waals surface area contributed by atoms with E-state index >= 15 is 0 Å². The molecule has 0 aliphatic carbocycles. The van der Waals surface area contributed by atoms with E-state index < -0.39 is 0 Å². The van der Waals surface area contributed by atoms with E-state index in [4.69, 9.17) is 9.47 Å². The smallest absolute Gasteiger partial charge is 0.409 e. The topological polar surface area (TPSA) is 77.1 Å². The van der Waals surface area contributed by atoms with Crippen LogP contribution in [0.25, 0.3) is 0 Å². The van der Waals surface area contributed by atoms with Gasteiger partial charge in [-0.3, -0.25) is 4.79 Å². The van der Waals surface area contributed by atoms with Crippen molar-refractivity contribution in [2.24, 2.45) is 0 Å². The molecule has 2 amide bonds. The maximum Gasteiger partial charge on any atom is 0.409 e. The van der Waals surface area contributed by atoms with Crippen molar-refractivity contribution < 1.29 is 23.8 Å². The largest absolute Gasteiger partial charge is 0.453 e. The quantitative estimate of drug-likeness (QED) is 0.690. The minimum Gasteiger partial charge on any atom is -0.453 e. The number of nitrogens with zero attached hydrogens (tertiary/aromatic N) is 1. The van der Waals surface area contributed by atoms with Gasteiger partial charge in [-0.2, -0.15) is 0 Å². The SMILES string of the molecule is COCCOCC(=O)NC1CCN(C(=O)OC)CC1. The van der Waals surface area contributed by atoms with Crippen molar-refractivity contribution in [3.8, 4) is 0 Å². The number of nitrogens with one attached hydrogen (secondary N) is 1. The fourth-order valence-electron chi connectivity index (χ4n) is 1.91. The normalized spacial score (nSPS) is 16.2. The number of carbonyl (C=O) groups is 2. The molecule has 0 radical (unpaired) electrons. The highest BCUT2D eigenvalue weighted by Crippen LogP contribution is 2.11. The van der Waals surface area contributed by atoms with E-state index in [0.29, 0.717) is 26.3 Å². The fourth-order valence-corrected chi connectivity index (χ4v) is 1.91. The molecule has 0 unspecified atom stereocenters. The van der Waals surface area contributed by atoms with E-state index in [2.05, 4.69) is 10.1 Å². The molecular formula is C12H22N2O5. The minimum absolute atomic E-state index is 0.0422. The Hall–Kier alpha value is -1.34. The lowest BCUT2D eigenvalue weighted by molar-refractivity contribution is -0.127. The van der Waals surface area contributed by atoms with E-state index in [1.165, 1.54) is 7.11 Å². The first-order valence-electron chi connectivity index (χ1n) is 6.36. The summed E-state index contributed by atoms with van der Waals surface area (Å²) in [4.78, 5) is 24.5. The van der Waals surface area contributed by atoms with Gasteiger partial charge in [0.2, 0.25) is 5.91 Å². The van der Waals surface area contributed by atoms with Crippen LogP contribution >= 0.6 is 0 Å². The van der Waals surface area contributed by atoms with Crippen molar-refractivity contribution in [2.75, 3.05) is 47.1 Å². The van der Waals surface area contributed by atoms with E-state index in [0.717, 1.165) is 12.8 Å². The zero-order chi connectivity index (χ0) is 14.1. The van der Waals surface area contributed by atoms with Gasteiger partial charge in [-0.05, 0) is 12.8 Å². The number of carbonyl (C=O) groups excluding carboxylic acids is 2. The summed E-state index contributed by atoms with van der Waals surface area (Å²) < 4.78 is 14.6. The van der Waals surface area contributed by atoms with Gasteiger partial charge >= 0.3 is 6.09 Å². The summed E-state index contributed by atoms with van der Waals surface area (Å²) in [6, 6.07) is 0.0967. The molecular weight excluding hydrogens is 252 g/mol. The van der Waals surface area contributed by atoms with Crippen LogP contribution in [0.3, 0.4) is 0 Å². The molecule has 0 atom stereocenters. The third-order valence-electron chi connectivity index (χ3n) is 2.96. The fraction of sp³-hybridized carbons (Fsp3) is 0.833. The maximum absolute atomic E-state index is 11.6. The van der Waals surface area contributed by atoms with Crippen molar-refractivity contribution in [3.05, 3.63) is 0 Å². The highest BCUT2D eigenvalue weighted by molar-refractivity contribution is 5.77. The molecule has 1 aliphatic heterocycles. The van der Waals surface area contributed by atoms with Crippen molar-refractivity contribution in [1.82, 2.24) is 10.2 Å². The highest BCUT2D eigenvalue weighted by atomic mass is 16.5. The summed E-state index contributed by atoms with van der Waals surface area (Å²) in [6.45, 7) is 2.13. The molecule has 7 heteroatoms. The maximum atomic E-state index is 11.6. The van der Waals surface area contributed by atoms with Crippen LogP contribution in [0.1, 0.15) is 12.8 Å². The van der Waals surface area contributed by atoms with Gasteiger partial charge in [0.25, 0.3) is 0 Å². The lowest BCUT2D eigenvalue weighted by atomic mass is 10.1. The van der Waals surface area contributed by atoms with Gasteiger partial charge in [0.05, 0.1) is 20.3 Å². The van der Waals surface area contributed by atoms with Crippen LogP contribution in [-0.4, -0.2) is 70.1 Å². The first kappa shape index (κ1) is 15.7. The second-order valence-electron chi connectivity index (χ2n) is 4.34.